The Morgan fingerprint density at radius 2 is 1.96 bits per heavy atom. The topological polar surface area (TPSA) is 53.0 Å². The average molecular weight is 318 g/mol. The number of para-hydroxylation sites is 1. The molecule has 2 heterocycles. The van der Waals surface area contributed by atoms with Gasteiger partial charge in [0.25, 0.3) is 0 Å². The predicted octanol–water partition coefficient (Wildman–Crippen LogP) is 1.51. The number of aliphatic hydroxyl groups is 1. The Balaban J connectivity index is 1.60. The molecule has 1 amide bonds. The van der Waals surface area contributed by atoms with Crippen LogP contribution in [-0.2, 0) is 4.79 Å². The van der Waals surface area contributed by atoms with E-state index < -0.39 is 5.60 Å². The van der Waals surface area contributed by atoms with Crippen LogP contribution in [0.5, 0.6) is 5.75 Å². The molecule has 2 fully saturated rings. The summed E-state index contributed by atoms with van der Waals surface area (Å²) in [5, 5.41) is 10.6. The zero-order valence-electron chi connectivity index (χ0n) is 13.8. The van der Waals surface area contributed by atoms with Crippen LogP contribution in [0.2, 0.25) is 0 Å². The number of amides is 1. The Kier molecular flexibility index (Phi) is 4.87. The largest absolute Gasteiger partial charge is 0.486 e. The van der Waals surface area contributed by atoms with Crippen LogP contribution >= 0.6 is 0 Å². The van der Waals surface area contributed by atoms with Crippen LogP contribution in [0, 0.1) is 0 Å². The molecule has 1 N–H and O–H groups in total. The van der Waals surface area contributed by atoms with Gasteiger partial charge in [0.05, 0.1) is 6.54 Å². The van der Waals surface area contributed by atoms with Crippen LogP contribution in [0.15, 0.2) is 30.3 Å². The molecular weight excluding hydrogens is 292 g/mol. The summed E-state index contributed by atoms with van der Waals surface area (Å²) in [6.45, 7) is 5.30. The van der Waals surface area contributed by atoms with E-state index in [4.69, 9.17) is 4.74 Å². The van der Waals surface area contributed by atoms with Gasteiger partial charge in [-0.25, -0.2) is 0 Å². The highest BCUT2D eigenvalue weighted by atomic mass is 16.5. The molecule has 5 nitrogen and oxygen atoms in total. The minimum absolute atomic E-state index is 0.197. The molecule has 0 unspecified atom stereocenters. The van der Waals surface area contributed by atoms with E-state index in [9.17, 15) is 9.90 Å². The highest BCUT2D eigenvalue weighted by Gasteiger charge is 2.40. The molecule has 3 rings (SSSR count). The van der Waals surface area contributed by atoms with Crippen LogP contribution in [-0.4, -0.2) is 65.2 Å². The Hall–Kier alpha value is -1.59. The maximum absolute atomic E-state index is 12.3. The Labute approximate surface area is 137 Å². The molecule has 2 saturated heterocycles. The quantitative estimate of drug-likeness (QED) is 0.914. The standard InChI is InChI=1S/C18H26N2O3/c1-18(22)9-12-19(14-17(21)20-10-5-6-11-20)13-16(18)23-15-7-3-2-4-8-15/h2-4,7-8,16,22H,5-6,9-14H2,1H3/t16-,18-/m1/s1. The second-order valence-electron chi connectivity index (χ2n) is 6.85. The molecule has 2 atom stereocenters. The Morgan fingerprint density at radius 3 is 2.65 bits per heavy atom. The first-order valence-corrected chi connectivity index (χ1v) is 8.49. The van der Waals surface area contributed by atoms with E-state index in [1.165, 1.54) is 0 Å². The molecule has 0 aliphatic carbocycles. The average Bonchev–Trinajstić information content (AvgIpc) is 3.06. The first kappa shape index (κ1) is 16.3. The van der Waals surface area contributed by atoms with Gasteiger partial charge in [-0.05, 0) is 38.3 Å². The molecule has 0 saturated carbocycles. The number of rotatable bonds is 4. The van der Waals surface area contributed by atoms with E-state index in [-0.39, 0.29) is 12.0 Å². The molecule has 2 aliphatic rings. The number of carbonyl (C=O) groups excluding carboxylic acids is 1. The fourth-order valence-electron chi connectivity index (χ4n) is 3.30. The number of hydrogen-bond donors (Lipinski definition) is 1. The smallest absolute Gasteiger partial charge is 0.236 e. The lowest BCUT2D eigenvalue weighted by Gasteiger charge is -2.42. The number of nitrogens with zero attached hydrogens (tertiary/aromatic N) is 2. The second kappa shape index (κ2) is 6.89. The number of hydrogen-bond acceptors (Lipinski definition) is 4. The van der Waals surface area contributed by atoms with Crippen LogP contribution < -0.4 is 4.74 Å². The monoisotopic (exact) mass is 318 g/mol. The van der Waals surface area contributed by atoms with Crippen molar-refractivity contribution >= 4 is 5.91 Å². The van der Waals surface area contributed by atoms with Gasteiger partial charge in [-0.2, -0.15) is 0 Å². The van der Waals surface area contributed by atoms with Crippen molar-refractivity contribution in [2.75, 3.05) is 32.7 Å². The van der Waals surface area contributed by atoms with Gasteiger partial charge in [0.2, 0.25) is 5.91 Å². The fourth-order valence-corrected chi connectivity index (χ4v) is 3.30. The summed E-state index contributed by atoms with van der Waals surface area (Å²) in [7, 11) is 0. The third-order valence-corrected chi connectivity index (χ3v) is 4.89. The van der Waals surface area contributed by atoms with E-state index in [1.54, 1.807) is 0 Å². The highest BCUT2D eigenvalue weighted by Crippen LogP contribution is 2.26. The van der Waals surface area contributed by atoms with Crippen molar-refractivity contribution in [2.24, 2.45) is 0 Å². The molecule has 0 aromatic heterocycles. The molecular formula is C18H26N2O3. The first-order chi connectivity index (χ1) is 11.0. The van der Waals surface area contributed by atoms with Crippen LogP contribution in [0.3, 0.4) is 0 Å². The SMILES string of the molecule is C[C@@]1(O)CCN(CC(=O)N2CCCC2)C[C@H]1Oc1ccccc1. The number of benzene rings is 1. The summed E-state index contributed by atoms with van der Waals surface area (Å²) < 4.78 is 5.99. The summed E-state index contributed by atoms with van der Waals surface area (Å²) in [4.78, 5) is 16.4. The molecule has 5 heteroatoms. The molecule has 1 aromatic rings. The minimum Gasteiger partial charge on any atom is -0.486 e. The van der Waals surface area contributed by atoms with Gasteiger partial charge in [-0.3, -0.25) is 9.69 Å². The maximum atomic E-state index is 12.3. The van der Waals surface area contributed by atoms with Crippen molar-refractivity contribution in [1.29, 1.82) is 0 Å². The van der Waals surface area contributed by atoms with E-state index in [0.29, 0.717) is 19.5 Å². The Bertz CT molecular complexity index is 526. The predicted molar refractivity (Wildman–Crippen MR) is 88.4 cm³/mol. The fraction of sp³-hybridized carbons (Fsp3) is 0.611. The summed E-state index contributed by atoms with van der Waals surface area (Å²) in [6, 6.07) is 9.56. The molecule has 0 spiro atoms. The first-order valence-electron chi connectivity index (χ1n) is 8.49. The second-order valence-corrected chi connectivity index (χ2v) is 6.85. The summed E-state index contributed by atoms with van der Waals surface area (Å²) in [5.41, 5.74) is -0.872. The third kappa shape index (κ3) is 4.03. The maximum Gasteiger partial charge on any atom is 0.236 e. The van der Waals surface area contributed by atoms with E-state index in [1.807, 2.05) is 42.2 Å². The molecule has 0 bridgehead atoms. The third-order valence-electron chi connectivity index (χ3n) is 4.89. The summed E-state index contributed by atoms with van der Waals surface area (Å²) in [6.07, 6.45) is 2.50. The lowest BCUT2D eigenvalue weighted by molar-refractivity contribution is -0.135. The van der Waals surface area contributed by atoms with Gasteiger partial charge >= 0.3 is 0 Å². The van der Waals surface area contributed by atoms with Gasteiger partial charge in [-0.15, -0.1) is 0 Å². The molecule has 0 radical (unpaired) electrons. The summed E-state index contributed by atoms with van der Waals surface area (Å²) >= 11 is 0. The van der Waals surface area contributed by atoms with Gasteiger partial charge in [-0.1, -0.05) is 18.2 Å². The molecule has 126 valence electrons. The number of piperidine rings is 1. The van der Waals surface area contributed by atoms with Crippen molar-refractivity contribution in [3.05, 3.63) is 30.3 Å². The van der Waals surface area contributed by atoms with E-state index in [0.717, 1.165) is 38.2 Å². The Morgan fingerprint density at radius 1 is 1.26 bits per heavy atom. The van der Waals surface area contributed by atoms with E-state index in [2.05, 4.69) is 4.90 Å². The minimum atomic E-state index is -0.872. The normalized spacial score (nSPS) is 28.8. The van der Waals surface area contributed by atoms with Crippen LogP contribution in [0.25, 0.3) is 0 Å². The lowest BCUT2D eigenvalue weighted by Crippen LogP contribution is -2.57. The van der Waals surface area contributed by atoms with E-state index >= 15 is 0 Å². The number of ether oxygens (including phenoxy) is 1. The van der Waals surface area contributed by atoms with Crippen molar-refractivity contribution in [3.8, 4) is 5.75 Å². The molecule has 2 aliphatic heterocycles. The molecule has 1 aromatic carbocycles. The zero-order valence-corrected chi connectivity index (χ0v) is 13.8. The molecule has 23 heavy (non-hydrogen) atoms. The van der Waals surface area contributed by atoms with Crippen LogP contribution in [0.1, 0.15) is 26.2 Å². The van der Waals surface area contributed by atoms with Crippen molar-refractivity contribution in [2.45, 2.75) is 37.9 Å². The number of carbonyl (C=O) groups is 1. The van der Waals surface area contributed by atoms with Crippen molar-refractivity contribution in [3.63, 3.8) is 0 Å². The van der Waals surface area contributed by atoms with Gasteiger partial charge in [0.15, 0.2) is 0 Å². The highest BCUT2D eigenvalue weighted by molar-refractivity contribution is 5.78. The summed E-state index contributed by atoms with van der Waals surface area (Å²) in [5.74, 6) is 0.952. The van der Waals surface area contributed by atoms with Gasteiger partial charge in [0.1, 0.15) is 17.5 Å². The lowest BCUT2D eigenvalue weighted by atomic mass is 9.90. The van der Waals surface area contributed by atoms with Crippen molar-refractivity contribution in [1.82, 2.24) is 9.80 Å². The van der Waals surface area contributed by atoms with Crippen LogP contribution in [0.4, 0.5) is 0 Å². The number of likely N-dealkylation sites (tertiary alicyclic amines) is 2. The van der Waals surface area contributed by atoms with Gasteiger partial charge < -0.3 is 14.7 Å². The zero-order chi connectivity index (χ0) is 16.3. The van der Waals surface area contributed by atoms with Crippen molar-refractivity contribution < 1.29 is 14.6 Å². The van der Waals surface area contributed by atoms with Gasteiger partial charge in [0, 0.05) is 26.2 Å².